The highest BCUT2D eigenvalue weighted by molar-refractivity contribution is 6.02. The minimum absolute atomic E-state index is 0.304. The van der Waals surface area contributed by atoms with Crippen LogP contribution in [0.3, 0.4) is 0 Å². The number of fused-ring (bicyclic) bond motifs is 2. The molecule has 3 N–H and O–H groups in total. The van der Waals surface area contributed by atoms with Gasteiger partial charge in [-0.3, -0.25) is 0 Å². The SMILES string of the molecule is OCC[NH+]1CC[NH+](Cc2c3ccccc3cc3ccccc23)CC1. The number of benzene rings is 3. The molecule has 0 saturated carbocycles. The lowest BCUT2D eigenvalue weighted by atomic mass is 9.96. The number of nitrogens with one attached hydrogen (secondary N) is 2. The average Bonchev–Trinajstić information content (AvgIpc) is 2.63. The summed E-state index contributed by atoms with van der Waals surface area (Å²) in [5.74, 6) is 0. The van der Waals surface area contributed by atoms with Crippen molar-refractivity contribution < 1.29 is 14.9 Å². The second kappa shape index (κ2) is 6.89. The molecule has 24 heavy (non-hydrogen) atoms. The number of piperazine rings is 1. The van der Waals surface area contributed by atoms with E-state index in [0.717, 1.165) is 13.1 Å². The van der Waals surface area contributed by atoms with Crippen molar-refractivity contribution in [1.29, 1.82) is 0 Å². The Labute approximate surface area is 143 Å². The van der Waals surface area contributed by atoms with Crippen molar-refractivity contribution in [3.05, 3.63) is 60.2 Å². The van der Waals surface area contributed by atoms with Crippen molar-refractivity contribution >= 4 is 21.5 Å². The number of rotatable bonds is 4. The molecule has 0 unspecified atom stereocenters. The topological polar surface area (TPSA) is 29.1 Å². The molecule has 0 aromatic heterocycles. The van der Waals surface area contributed by atoms with Gasteiger partial charge in [-0.1, -0.05) is 48.5 Å². The zero-order chi connectivity index (χ0) is 16.4. The summed E-state index contributed by atoms with van der Waals surface area (Å²) in [5.41, 5.74) is 1.49. The van der Waals surface area contributed by atoms with Gasteiger partial charge in [0.05, 0.1) is 6.61 Å². The molecule has 1 aliphatic rings. The Bertz CT molecular complexity index is 783. The van der Waals surface area contributed by atoms with Crippen molar-refractivity contribution in [2.45, 2.75) is 6.54 Å². The third-order valence-electron chi connectivity index (χ3n) is 5.44. The molecule has 0 radical (unpaired) electrons. The molecule has 0 aliphatic carbocycles. The molecular weight excluding hydrogens is 296 g/mol. The van der Waals surface area contributed by atoms with E-state index in [2.05, 4.69) is 54.6 Å². The van der Waals surface area contributed by atoms with Crippen LogP contribution in [0.1, 0.15) is 5.56 Å². The van der Waals surface area contributed by atoms with E-state index < -0.39 is 0 Å². The molecule has 0 amide bonds. The Morgan fingerprint density at radius 2 is 1.29 bits per heavy atom. The van der Waals surface area contributed by atoms with Gasteiger partial charge in [0.15, 0.2) is 0 Å². The summed E-state index contributed by atoms with van der Waals surface area (Å²) in [6, 6.07) is 19.9. The van der Waals surface area contributed by atoms with Gasteiger partial charge in [0.2, 0.25) is 0 Å². The normalized spacial score (nSPS) is 21.4. The van der Waals surface area contributed by atoms with Crippen molar-refractivity contribution in [3.8, 4) is 0 Å². The van der Waals surface area contributed by atoms with Gasteiger partial charge < -0.3 is 14.9 Å². The maximum absolute atomic E-state index is 9.13. The van der Waals surface area contributed by atoms with Gasteiger partial charge in [0.1, 0.15) is 39.3 Å². The molecule has 3 aromatic rings. The van der Waals surface area contributed by atoms with Crippen LogP contribution in [-0.2, 0) is 6.54 Å². The van der Waals surface area contributed by atoms with Crippen molar-refractivity contribution in [1.82, 2.24) is 0 Å². The second-order valence-corrected chi connectivity index (χ2v) is 6.95. The third-order valence-corrected chi connectivity index (χ3v) is 5.44. The zero-order valence-corrected chi connectivity index (χ0v) is 14.1. The van der Waals surface area contributed by atoms with E-state index in [4.69, 9.17) is 5.11 Å². The highest BCUT2D eigenvalue weighted by Gasteiger charge is 2.23. The maximum atomic E-state index is 9.13. The second-order valence-electron chi connectivity index (χ2n) is 6.95. The summed E-state index contributed by atoms with van der Waals surface area (Å²) in [6.45, 7) is 6.99. The Kier molecular flexibility index (Phi) is 4.48. The van der Waals surface area contributed by atoms with E-state index in [1.54, 1.807) is 9.80 Å². The average molecular weight is 322 g/mol. The number of aliphatic hydroxyl groups excluding tert-OH is 1. The Morgan fingerprint density at radius 3 is 1.88 bits per heavy atom. The summed E-state index contributed by atoms with van der Waals surface area (Å²) >= 11 is 0. The first kappa shape index (κ1) is 15.6. The monoisotopic (exact) mass is 322 g/mol. The molecule has 1 heterocycles. The van der Waals surface area contributed by atoms with Gasteiger partial charge in [-0.25, -0.2) is 0 Å². The predicted octanol–water partition coefficient (Wildman–Crippen LogP) is 0.269. The maximum Gasteiger partial charge on any atom is 0.127 e. The van der Waals surface area contributed by atoms with Gasteiger partial charge >= 0.3 is 0 Å². The van der Waals surface area contributed by atoms with Gasteiger partial charge in [-0.2, -0.15) is 0 Å². The summed E-state index contributed by atoms with van der Waals surface area (Å²) < 4.78 is 0. The Morgan fingerprint density at radius 1 is 0.750 bits per heavy atom. The van der Waals surface area contributed by atoms with Crippen LogP contribution in [0.25, 0.3) is 21.5 Å². The van der Waals surface area contributed by atoms with Crippen LogP contribution in [0.5, 0.6) is 0 Å². The minimum Gasteiger partial charge on any atom is -0.391 e. The van der Waals surface area contributed by atoms with Gasteiger partial charge in [-0.05, 0) is 27.6 Å². The molecule has 0 bridgehead atoms. The van der Waals surface area contributed by atoms with Crippen LogP contribution in [0.4, 0.5) is 0 Å². The van der Waals surface area contributed by atoms with Gasteiger partial charge in [0, 0.05) is 5.56 Å². The largest absolute Gasteiger partial charge is 0.391 e. The van der Waals surface area contributed by atoms with E-state index in [1.807, 2.05) is 0 Å². The van der Waals surface area contributed by atoms with Crippen LogP contribution in [0, 0.1) is 0 Å². The molecule has 124 valence electrons. The first-order valence-corrected chi connectivity index (χ1v) is 9.02. The molecule has 4 rings (SSSR count). The fraction of sp³-hybridized carbons (Fsp3) is 0.333. The lowest BCUT2D eigenvalue weighted by molar-refractivity contribution is -1.02. The lowest BCUT2D eigenvalue weighted by Gasteiger charge is -2.30. The molecule has 3 heteroatoms. The first-order chi connectivity index (χ1) is 11.8. The Balaban J connectivity index is 1.67. The Hall–Kier alpha value is -1.94. The predicted molar refractivity (Wildman–Crippen MR) is 98.5 cm³/mol. The fourth-order valence-electron chi connectivity index (χ4n) is 4.09. The minimum atomic E-state index is 0.304. The molecule has 0 spiro atoms. The molecular formula is C21H26N2O+2. The smallest absolute Gasteiger partial charge is 0.127 e. The number of hydrogen-bond donors (Lipinski definition) is 3. The molecule has 3 aromatic carbocycles. The molecule has 1 fully saturated rings. The van der Waals surface area contributed by atoms with E-state index >= 15 is 0 Å². The summed E-state index contributed by atoms with van der Waals surface area (Å²) in [4.78, 5) is 3.21. The molecule has 1 saturated heterocycles. The number of hydrogen-bond acceptors (Lipinski definition) is 1. The highest BCUT2D eigenvalue weighted by Crippen LogP contribution is 2.27. The van der Waals surface area contributed by atoms with Crippen LogP contribution in [-0.4, -0.2) is 44.4 Å². The summed E-state index contributed by atoms with van der Waals surface area (Å²) in [6.07, 6.45) is 0. The first-order valence-electron chi connectivity index (χ1n) is 9.02. The van der Waals surface area contributed by atoms with E-state index in [0.29, 0.717) is 6.61 Å². The molecule has 3 nitrogen and oxygen atoms in total. The number of aliphatic hydroxyl groups is 1. The molecule has 1 aliphatic heterocycles. The van der Waals surface area contributed by atoms with Gasteiger partial charge in [-0.15, -0.1) is 0 Å². The van der Waals surface area contributed by atoms with Crippen molar-refractivity contribution in [2.24, 2.45) is 0 Å². The van der Waals surface area contributed by atoms with Crippen LogP contribution in [0.15, 0.2) is 54.6 Å². The summed E-state index contributed by atoms with van der Waals surface area (Å²) in [7, 11) is 0. The number of quaternary nitrogens is 2. The quantitative estimate of drug-likeness (QED) is 0.592. The van der Waals surface area contributed by atoms with Crippen LogP contribution in [0.2, 0.25) is 0 Å². The van der Waals surface area contributed by atoms with Crippen LogP contribution < -0.4 is 9.80 Å². The summed E-state index contributed by atoms with van der Waals surface area (Å²) in [5, 5.41) is 14.6. The van der Waals surface area contributed by atoms with Crippen LogP contribution >= 0.6 is 0 Å². The zero-order valence-electron chi connectivity index (χ0n) is 14.1. The third kappa shape index (κ3) is 3.03. The van der Waals surface area contributed by atoms with Crippen molar-refractivity contribution in [2.75, 3.05) is 39.3 Å². The van der Waals surface area contributed by atoms with Gasteiger partial charge in [0.25, 0.3) is 0 Å². The van der Waals surface area contributed by atoms with E-state index in [-0.39, 0.29) is 0 Å². The standard InChI is InChI=1S/C21H24N2O/c24-14-13-22-9-11-23(12-10-22)16-21-19-7-3-1-5-17(19)15-18-6-2-4-8-20(18)21/h1-8,15,24H,9-14,16H2/p+2. The van der Waals surface area contributed by atoms with Crippen molar-refractivity contribution in [3.63, 3.8) is 0 Å². The fourth-order valence-corrected chi connectivity index (χ4v) is 4.09. The van der Waals surface area contributed by atoms with E-state index in [9.17, 15) is 0 Å². The van der Waals surface area contributed by atoms with E-state index in [1.165, 1.54) is 53.3 Å². The molecule has 0 atom stereocenters. The highest BCUT2D eigenvalue weighted by atomic mass is 16.3. The lowest BCUT2D eigenvalue weighted by Crippen LogP contribution is -3.27.